The molecular formula is C24H34F9N3O8S. The first kappa shape index (κ1) is 42.3. The van der Waals surface area contributed by atoms with Crippen molar-refractivity contribution in [1.82, 2.24) is 14.7 Å². The van der Waals surface area contributed by atoms with E-state index in [1.54, 1.807) is 0 Å². The zero-order valence-electron chi connectivity index (χ0n) is 24.3. The zero-order valence-corrected chi connectivity index (χ0v) is 25.1. The molecule has 0 aromatic carbocycles. The van der Waals surface area contributed by atoms with Gasteiger partial charge in [0.1, 0.15) is 5.60 Å². The first-order valence-corrected chi connectivity index (χ1v) is 13.5. The summed E-state index contributed by atoms with van der Waals surface area (Å²) in [6.45, 7) is 11.6. The van der Waals surface area contributed by atoms with Crippen molar-refractivity contribution >= 4 is 29.2 Å². The Labute approximate surface area is 255 Å². The molecule has 262 valence electrons. The number of halogens is 9. The molecule has 1 unspecified atom stereocenters. The van der Waals surface area contributed by atoms with E-state index >= 15 is 0 Å². The lowest BCUT2D eigenvalue weighted by Crippen LogP contribution is -2.58. The minimum atomic E-state index is -5.08. The molecule has 3 N–H and O–H groups in total. The molecule has 1 atom stereocenters. The highest BCUT2D eigenvalue weighted by Crippen LogP contribution is 2.25. The molecule has 2 saturated heterocycles. The van der Waals surface area contributed by atoms with Gasteiger partial charge in [0.15, 0.2) is 0 Å². The number of hydrogen-bond acceptors (Lipinski definition) is 9. The third kappa shape index (κ3) is 18.8. The number of thiophene rings is 1. The Bertz CT molecular complexity index is 1010. The normalized spacial score (nSPS) is 19.7. The lowest BCUT2D eigenvalue weighted by molar-refractivity contribution is -0.193. The number of nitrogens with zero attached hydrogens (tertiary/aromatic N) is 3. The van der Waals surface area contributed by atoms with E-state index in [1.165, 1.54) is 9.75 Å². The lowest BCUT2D eigenvalue weighted by atomic mass is 10.0. The maximum atomic E-state index is 10.6. The number of aryl methyl sites for hydroxylation is 1. The summed E-state index contributed by atoms with van der Waals surface area (Å²) in [5.74, 6) is -8.27. The number of ether oxygens (including phenoxy) is 2. The Kier molecular flexibility index (Phi) is 17.3. The number of aliphatic carboxylic acids is 3. The van der Waals surface area contributed by atoms with Gasteiger partial charge in [0, 0.05) is 55.6 Å². The molecule has 21 heteroatoms. The Morgan fingerprint density at radius 2 is 1.29 bits per heavy atom. The van der Waals surface area contributed by atoms with Crippen molar-refractivity contribution in [2.24, 2.45) is 0 Å². The second-order valence-corrected chi connectivity index (χ2v) is 11.2. The summed E-state index contributed by atoms with van der Waals surface area (Å²) in [5.41, 5.74) is -0.173. The number of alkyl halides is 9. The van der Waals surface area contributed by atoms with Gasteiger partial charge < -0.3 is 29.7 Å². The molecule has 0 radical (unpaired) electrons. The fourth-order valence-electron chi connectivity index (χ4n) is 3.55. The smallest absolute Gasteiger partial charge is 0.475 e. The van der Waals surface area contributed by atoms with Gasteiger partial charge in [-0.05, 0) is 33.2 Å². The number of morpholine rings is 1. The van der Waals surface area contributed by atoms with Gasteiger partial charge in [0.05, 0.1) is 19.8 Å². The topological polar surface area (TPSA) is 140 Å². The van der Waals surface area contributed by atoms with Crippen molar-refractivity contribution in [2.45, 2.75) is 37.6 Å². The highest BCUT2D eigenvalue weighted by Gasteiger charge is 2.41. The number of rotatable bonds is 5. The van der Waals surface area contributed by atoms with Crippen molar-refractivity contribution in [3.63, 3.8) is 0 Å². The molecule has 3 heterocycles. The van der Waals surface area contributed by atoms with Crippen LogP contribution in [0.25, 0.3) is 0 Å². The maximum absolute atomic E-state index is 10.6. The summed E-state index contributed by atoms with van der Waals surface area (Å²) < 4.78 is 107. The minimum absolute atomic E-state index is 0.173. The van der Waals surface area contributed by atoms with Gasteiger partial charge in [-0.15, -0.1) is 11.3 Å². The summed E-state index contributed by atoms with van der Waals surface area (Å²) in [7, 11) is 4.26. The number of hydrogen-bond donors (Lipinski definition) is 3. The van der Waals surface area contributed by atoms with Crippen molar-refractivity contribution in [2.75, 3.05) is 73.2 Å². The van der Waals surface area contributed by atoms with Crippen LogP contribution in [0.4, 0.5) is 39.5 Å². The van der Waals surface area contributed by atoms with Gasteiger partial charge in [-0.25, -0.2) is 14.4 Å². The summed E-state index contributed by atoms with van der Waals surface area (Å²) in [6.07, 6.45) is -15.3. The monoisotopic (exact) mass is 695 g/mol. The number of likely N-dealkylation sites (N-methyl/N-ethyl adjacent to an activating group) is 1. The zero-order chi connectivity index (χ0) is 35.2. The summed E-state index contributed by atoms with van der Waals surface area (Å²) in [6, 6.07) is 4.48. The van der Waals surface area contributed by atoms with Crippen molar-refractivity contribution in [3.8, 4) is 0 Å². The Morgan fingerprint density at radius 1 is 0.844 bits per heavy atom. The fraction of sp³-hybridized carbons (Fsp3) is 0.708. The van der Waals surface area contributed by atoms with E-state index in [4.69, 9.17) is 39.2 Å². The highest BCUT2D eigenvalue weighted by atomic mass is 32.1. The van der Waals surface area contributed by atoms with Crippen LogP contribution in [0.2, 0.25) is 0 Å². The number of carboxylic acid groups (broad SMARTS) is 3. The van der Waals surface area contributed by atoms with Gasteiger partial charge in [-0.1, -0.05) is 0 Å². The molecule has 11 nitrogen and oxygen atoms in total. The number of carbonyl (C=O) groups is 3. The van der Waals surface area contributed by atoms with Gasteiger partial charge in [0.2, 0.25) is 0 Å². The summed E-state index contributed by atoms with van der Waals surface area (Å²) in [5, 5.41) is 21.4. The average Bonchev–Trinajstić information content (AvgIpc) is 3.18. The van der Waals surface area contributed by atoms with E-state index < -0.39 is 36.4 Å². The van der Waals surface area contributed by atoms with Gasteiger partial charge in [-0.3, -0.25) is 9.80 Å². The Balaban J connectivity index is 0.000000753. The van der Waals surface area contributed by atoms with E-state index in [2.05, 4.69) is 47.9 Å². The fourth-order valence-corrected chi connectivity index (χ4v) is 4.48. The van der Waals surface area contributed by atoms with Crippen LogP contribution in [0.3, 0.4) is 0 Å². The van der Waals surface area contributed by atoms with Crippen LogP contribution in [0, 0.1) is 6.92 Å². The summed E-state index contributed by atoms with van der Waals surface area (Å²) >= 11 is 1.90. The number of carboxylic acids is 3. The maximum Gasteiger partial charge on any atom is 0.490 e. The van der Waals surface area contributed by atoms with Gasteiger partial charge in [0.25, 0.3) is 0 Å². The Morgan fingerprint density at radius 3 is 1.69 bits per heavy atom. The summed E-state index contributed by atoms with van der Waals surface area (Å²) in [4.78, 5) is 36.8. The predicted molar refractivity (Wildman–Crippen MR) is 140 cm³/mol. The lowest BCUT2D eigenvalue weighted by Gasteiger charge is -2.43. The molecule has 45 heavy (non-hydrogen) atoms. The molecule has 2 aliphatic rings. The SMILES string of the molecule is Cc1ccc(CN2CCOC3(COCCN(CCN(C)C)C3)C2)s1.O=C(O)C(F)(F)F.O=C(O)C(F)(F)F.O=C(O)C(F)(F)F. The molecule has 0 bridgehead atoms. The second kappa shape index (κ2) is 18.4. The van der Waals surface area contributed by atoms with Gasteiger partial charge >= 0.3 is 36.4 Å². The Hall–Kier alpha value is -2.72. The van der Waals surface area contributed by atoms with Crippen LogP contribution in [-0.2, 0) is 30.4 Å². The minimum Gasteiger partial charge on any atom is -0.475 e. The molecule has 3 rings (SSSR count). The van der Waals surface area contributed by atoms with Crippen LogP contribution < -0.4 is 0 Å². The van der Waals surface area contributed by atoms with Crippen molar-refractivity contribution < 1.29 is 78.7 Å². The molecule has 0 amide bonds. The van der Waals surface area contributed by atoms with Crippen LogP contribution in [0.15, 0.2) is 12.1 Å². The van der Waals surface area contributed by atoms with E-state index in [0.717, 1.165) is 59.0 Å². The molecular weight excluding hydrogens is 661 g/mol. The van der Waals surface area contributed by atoms with Crippen LogP contribution in [0.5, 0.6) is 0 Å². The predicted octanol–water partition coefficient (Wildman–Crippen LogP) is 3.42. The third-order valence-corrected chi connectivity index (χ3v) is 6.51. The quantitative estimate of drug-likeness (QED) is 0.391. The molecule has 0 saturated carbocycles. The molecule has 1 aromatic heterocycles. The molecule has 1 spiro atoms. The third-order valence-electron chi connectivity index (χ3n) is 5.52. The average molecular weight is 696 g/mol. The van der Waals surface area contributed by atoms with Crippen LogP contribution >= 0.6 is 11.3 Å². The largest absolute Gasteiger partial charge is 0.490 e. The van der Waals surface area contributed by atoms with Crippen LogP contribution in [-0.4, -0.2) is 145 Å². The first-order valence-electron chi connectivity index (χ1n) is 12.6. The van der Waals surface area contributed by atoms with Gasteiger partial charge in [-0.2, -0.15) is 39.5 Å². The van der Waals surface area contributed by atoms with E-state index in [1.807, 2.05) is 11.3 Å². The standard InChI is InChI=1S/C18H31N3O2S.3C2HF3O2/c1-16-4-5-17(24-16)12-21-9-11-23-18(14-21)13-20(7-6-19(2)3)8-10-22-15-18;3*3-2(4,5)1(6)7/h4-5H,6-15H2,1-3H3;3*(H,6,7). The van der Waals surface area contributed by atoms with E-state index in [9.17, 15) is 39.5 Å². The van der Waals surface area contributed by atoms with Crippen molar-refractivity contribution in [1.29, 1.82) is 0 Å². The molecule has 0 aliphatic carbocycles. The molecule has 2 fully saturated rings. The van der Waals surface area contributed by atoms with Crippen molar-refractivity contribution in [3.05, 3.63) is 21.9 Å². The molecule has 2 aliphatic heterocycles. The van der Waals surface area contributed by atoms with Crippen LogP contribution in [0.1, 0.15) is 9.75 Å². The highest BCUT2D eigenvalue weighted by molar-refractivity contribution is 7.11. The second-order valence-electron chi connectivity index (χ2n) is 9.80. The first-order chi connectivity index (χ1) is 20.4. The van der Waals surface area contributed by atoms with E-state index in [-0.39, 0.29) is 5.60 Å². The molecule has 1 aromatic rings. The van der Waals surface area contributed by atoms with E-state index in [0.29, 0.717) is 6.61 Å².